The molecular formula is C18H20Cl2N4O. The number of likely N-dealkylation sites (N-methyl/N-ethyl adjacent to an activating group) is 1. The summed E-state index contributed by atoms with van der Waals surface area (Å²) < 4.78 is 0. The number of benzene rings is 1. The largest absolute Gasteiger partial charge is 0.354 e. The van der Waals surface area contributed by atoms with E-state index in [0.29, 0.717) is 22.2 Å². The van der Waals surface area contributed by atoms with Crippen molar-refractivity contribution in [3.05, 3.63) is 57.7 Å². The van der Waals surface area contributed by atoms with Gasteiger partial charge in [-0.2, -0.15) is 0 Å². The zero-order valence-electron chi connectivity index (χ0n) is 14.0. The SMILES string of the molecule is CN1CCN(c2ccc(CNC(=O)c3ccc(Cl)cc3Cl)cn2)CC1. The number of pyridine rings is 1. The normalized spacial score (nSPS) is 15.2. The Bertz CT molecular complexity index is 743. The van der Waals surface area contributed by atoms with Crippen LogP contribution in [0.2, 0.25) is 10.0 Å². The summed E-state index contributed by atoms with van der Waals surface area (Å²) in [4.78, 5) is 21.3. The van der Waals surface area contributed by atoms with E-state index in [1.54, 1.807) is 24.4 Å². The van der Waals surface area contributed by atoms with Gasteiger partial charge in [-0.3, -0.25) is 4.79 Å². The first-order valence-electron chi connectivity index (χ1n) is 8.14. The Morgan fingerprint density at radius 2 is 1.92 bits per heavy atom. The maximum atomic E-state index is 12.2. The fourth-order valence-corrected chi connectivity index (χ4v) is 3.19. The molecule has 1 saturated heterocycles. The van der Waals surface area contributed by atoms with Gasteiger partial charge in [-0.25, -0.2) is 4.98 Å². The fraction of sp³-hybridized carbons (Fsp3) is 0.333. The van der Waals surface area contributed by atoms with E-state index < -0.39 is 0 Å². The lowest BCUT2D eigenvalue weighted by Gasteiger charge is -2.33. The van der Waals surface area contributed by atoms with E-state index in [0.717, 1.165) is 37.6 Å². The summed E-state index contributed by atoms with van der Waals surface area (Å²) in [5, 5.41) is 3.70. The van der Waals surface area contributed by atoms with Gasteiger partial charge >= 0.3 is 0 Å². The van der Waals surface area contributed by atoms with Gasteiger partial charge in [0.05, 0.1) is 10.6 Å². The van der Waals surface area contributed by atoms with E-state index in [4.69, 9.17) is 23.2 Å². The third-order valence-electron chi connectivity index (χ3n) is 4.27. The molecule has 0 bridgehead atoms. The number of hydrogen-bond donors (Lipinski definition) is 1. The molecule has 0 radical (unpaired) electrons. The summed E-state index contributed by atoms with van der Waals surface area (Å²) in [6.45, 7) is 4.44. The maximum Gasteiger partial charge on any atom is 0.253 e. The van der Waals surface area contributed by atoms with Crippen molar-refractivity contribution < 1.29 is 4.79 Å². The van der Waals surface area contributed by atoms with Gasteiger partial charge in [-0.05, 0) is 36.9 Å². The number of anilines is 1. The molecule has 0 aliphatic carbocycles. The highest BCUT2D eigenvalue weighted by molar-refractivity contribution is 6.36. The molecule has 1 aliphatic rings. The molecule has 3 rings (SSSR count). The van der Waals surface area contributed by atoms with Gasteiger partial charge in [0.2, 0.25) is 0 Å². The molecule has 0 atom stereocenters. The minimum Gasteiger partial charge on any atom is -0.354 e. The number of aromatic nitrogens is 1. The van der Waals surface area contributed by atoms with E-state index in [1.165, 1.54) is 0 Å². The number of nitrogens with one attached hydrogen (secondary N) is 1. The number of halogens is 2. The summed E-state index contributed by atoms with van der Waals surface area (Å²) in [5.41, 5.74) is 1.35. The maximum absolute atomic E-state index is 12.2. The third-order valence-corrected chi connectivity index (χ3v) is 4.81. The number of carbonyl (C=O) groups is 1. The summed E-state index contributed by atoms with van der Waals surface area (Å²) in [7, 11) is 2.13. The van der Waals surface area contributed by atoms with Crippen LogP contribution in [0.1, 0.15) is 15.9 Å². The summed E-state index contributed by atoms with van der Waals surface area (Å²) >= 11 is 11.9. The second-order valence-electron chi connectivity index (χ2n) is 6.12. The van der Waals surface area contributed by atoms with Crippen LogP contribution in [0.5, 0.6) is 0 Å². The average molecular weight is 379 g/mol. The third kappa shape index (κ3) is 4.63. The van der Waals surface area contributed by atoms with Crippen molar-refractivity contribution in [1.82, 2.24) is 15.2 Å². The first-order chi connectivity index (χ1) is 12.0. The van der Waals surface area contributed by atoms with Crippen molar-refractivity contribution in [2.24, 2.45) is 0 Å². The molecule has 1 aromatic heterocycles. The highest BCUT2D eigenvalue weighted by Gasteiger charge is 2.15. The molecule has 1 N–H and O–H groups in total. The molecule has 0 saturated carbocycles. The molecule has 2 aromatic rings. The number of rotatable bonds is 4. The van der Waals surface area contributed by atoms with Gasteiger partial charge in [0.25, 0.3) is 5.91 Å². The predicted octanol–water partition coefficient (Wildman–Crippen LogP) is 3.07. The molecule has 7 heteroatoms. The average Bonchev–Trinajstić information content (AvgIpc) is 2.61. The summed E-state index contributed by atoms with van der Waals surface area (Å²) in [5.74, 6) is 0.744. The van der Waals surface area contributed by atoms with Crippen molar-refractivity contribution in [2.45, 2.75) is 6.54 Å². The highest BCUT2D eigenvalue weighted by atomic mass is 35.5. The summed E-state index contributed by atoms with van der Waals surface area (Å²) in [6.07, 6.45) is 1.80. The van der Waals surface area contributed by atoms with Crippen LogP contribution in [-0.2, 0) is 6.54 Å². The van der Waals surface area contributed by atoms with E-state index in [-0.39, 0.29) is 5.91 Å². The van der Waals surface area contributed by atoms with Crippen LogP contribution in [-0.4, -0.2) is 49.0 Å². The standard InChI is InChI=1S/C18H20Cl2N4O/c1-23-6-8-24(9-7-23)17-5-2-13(11-21-17)12-22-18(25)15-4-3-14(19)10-16(15)20/h2-5,10-11H,6-9,12H2,1H3,(H,22,25). The molecule has 25 heavy (non-hydrogen) atoms. The number of amides is 1. The minimum atomic E-state index is -0.232. The van der Waals surface area contributed by atoms with Crippen LogP contribution in [0.4, 0.5) is 5.82 Å². The fourth-order valence-electron chi connectivity index (χ4n) is 2.70. The zero-order valence-corrected chi connectivity index (χ0v) is 15.5. The first-order valence-corrected chi connectivity index (χ1v) is 8.90. The quantitative estimate of drug-likeness (QED) is 0.887. The monoisotopic (exact) mass is 378 g/mol. The Labute approximate surface area is 157 Å². The molecule has 2 heterocycles. The molecular weight excluding hydrogens is 359 g/mol. The second-order valence-corrected chi connectivity index (χ2v) is 6.97. The lowest BCUT2D eigenvalue weighted by atomic mass is 10.2. The second kappa shape index (κ2) is 8.04. The van der Waals surface area contributed by atoms with Crippen molar-refractivity contribution in [1.29, 1.82) is 0 Å². The number of carbonyl (C=O) groups excluding carboxylic acids is 1. The smallest absolute Gasteiger partial charge is 0.253 e. The van der Waals surface area contributed by atoms with Gasteiger partial charge in [0.15, 0.2) is 0 Å². The van der Waals surface area contributed by atoms with Gasteiger partial charge in [0.1, 0.15) is 5.82 Å². The number of nitrogens with zero attached hydrogens (tertiary/aromatic N) is 3. The van der Waals surface area contributed by atoms with Crippen molar-refractivity contribution >= 4 is 34.9 Å². The lowest BCUT2D eigenvalue weighted by Crippen LogP contribution is -2.44. The molecule has 1 amide bonds. The lowest BCUT2D eigenvalue weighted by molar-refractivity contribution is 0.0951. The number of piperazine rings is 1. The first kappa shape index (κ1) is 18.0. The van der Waals surface area contributed by atoms with Crippen LogP contribution in [0.3, 0.4) is 0 Å². The van der Waals surface area contributed by atoms with Crippen molar-refractivity contribution in [3.63, 3.8) is 0 Å². The van der Waals surface area contributed by atoms with Crippen LogP contribution in [0.15, 0.2) is 36.5 Å². The van der Waals surface area contributed by atoms with Crippen LogP contribution in [0.25, 0.3) is 0 Å². The Balaban J connectivity index is 1.57. The topological polar surface area (TPSA) is 48.5 Å². The van der Waals surface area contributed by atoms with E-state index >= 15 is 0 Å². The van der Waals surface area contributed by atoms with Crippen LogP contribution in [0, 0.1) is 0 Å². The van der Waals surface area contributed by atoms with Crippen molar-refractivity contribution in [2.75, 3.05) is 38.1 Å². The molecule has 132 valence electrons. The summed E-state index contributed by atoms with van der Waals surface area (Å²) in [6, 6.07) is 8.82. The molecule has 5 nitrogen and oxygen atoms in total. The Morgan fingerprint density at radius 1 is 1.16 bits per heavy atom. The molecule has 1 aromatic carbocycles. The van der Waals surface area contributed by atoms with Crippen molar-refractivity contribution in [3.8, 4) is 0 Å². The van der Waals surface area contributed by atoms with E-state index in [9.17, 15) is 4.79 Å². The van der Waals surface area contributed by atoms with Gasteiger partial charge in [-0.1, -0.05) is 29.3 Å². The van der Waals surface area contributed by atoms with Gasteiger partial charge in [0, 0.05) is 43.9 Å². The molecule has 0 spiro atoms. The Hall–Kier alpha value is -1.82. The van der Waals surface area contributed by atoms with Crippen LogP contribution >= 0.6 is 23.2 Å². The van der Waals surface area contributed by atoms with E-state index in [1.807, 2.05) is 12.1 Å². The molecule has 1 fully saturated rings. The number of hydrogen-bond acceptors (Lipinski definition) is 4. The molecule has 1 aliphatic heterocycles. The zero-order chi connectivity index (χ0) is 17.8. The van der Waals surface area contributed by atoms with Gasteiger partial charge < -0.3 is 15.1 Å². The molecule has 0 unspecified atom stereocenters. The minimum absolute atomic E-state index is 0.232. The Kier molecular flexibility index (Phi) is 5.78. The van der Waals surface area contributed by atoms with Gasteiger partial charge in [-0.15, -0.1) is 0 Å². The Morgan fingerprint density at radius 3 is 2.56 bits per heavy atom. The highest BCUT2D eigenvalue weighted by Crippen LogP contribution is 2.21. The predicted molar refractivity (Wildman–Crippen MR) is 102 cm³/mol. The van der Waals surface area contributed by atoms with Crippen LogP contribution < -0.4 is 10.2 Å². The van der Waals surface area contributed by atoms with E-state index in [2.05, 4.69) is 27.1 Å².